The monoisotopic (exact) mass is 714 g/mol. The maximum Gasteiger partial charge on any atom is 0.279 e. The minimum atomic E-state index is -3.62. The molecule has 1 aromatic carbocycles. The highest BCUT2D eigenvalue weighted by molar-refractivity contribution is 7.87. The van der Waals surface area contributed by atoms with Crippen LogP contribution in [-0.4, -0.2) is 109 Å². The SMILES string of the molecule is CCN(C(=O)c1cc(F)ccc1Oc1cncnc1N1CC2(CCN(C[C@H]3CC[C@H](NS(=O)(=O)N4CCC(C(N)=O)C4)CC3)CC2)C1)C(C)C. The third-order valence-corrected chi connectivity index (χ3v) is 12.8. The lowest BCUT2D eigenvalue weighted by Crippen LogP contribution is -2.61. The summed E-state index contributed by atoms with van der Waals surface area (Å²) < 4.78 is 50.6. The van der Waals surface area contributed by atoms with E-state index < -0.39 is 27.9 Å². The molecular weight excluding hydrogens is 664 g/mol. The smallest absolute Gasteiger partial charge is 0.279 e. The molecule has 1 spiro atoms. The summed E-state index contributed by atoms with van der Waals surface area (Å²) in [7, 11) is -3.62. The Morgan fingerprint density at radius 3 is 2.46 bits per heavy atom. The number of carbonyl (C=O) groups is 2. The largest absolute Gasteiger partial charge is 0.451 e. The van der Waals surface area contributed by atoms with Crippen molar-refractivity contribution in [2.24, 2.45) is 23.0 Å². The van der Waals surface area contributed by atoms with E-state index in [2.05, 4.69) is 24.5 Å². The van der Waals surface area contributed by atoms with Gasteiger partial charge in [-0.15, -0.1) is 0 Å². The maximum atomic E-state index is 14.3. The van der Waals surface area contributed by atoms with Gasteiger partial charge in [0.15, 0.2) is 11.6 Å². The molecule has 6 rings (SSSR count). The summed E-state index contributed by atoms with van der Waals surface area (Å²) in [6, 6.07) is 3.88. The number of nitrogens with one attached hydrogen (secondary N) is 1. The molecule has 50 heavy (non-hydrogen) atoms. The van der Waals surface area contributed by atoms with E-state index in [4.69, 9.17) is 10.5 Å². The number of nitrogens with two attached hydrogens (primary N) is 1. The summed E-state index contributed by atoms with van der Waals surface area (Å²) in [6.07, 6.45) is 9.34. The zero-order valence-electron chi connectivity index (χ0n) is 29.4. The van der Waals surface area contributed by atoms with E-state index in [-0.39, 0.29) is 41.3 Å². The number of primary amides is 1. The molecular formula is C35H51FN8O5S. The van der Waals surface area contributed by atoms with Crippen molar-refractivity contribution >= 4 is 27.8 Å². The molecule has 0 bridgehead atoms. The number of halogens is 1. The molecule has 4 heterocycles. The fourth-order valence-corrected chi connectivity index (χ4v) is 9.65. The summed E-state index contributed by atoms with van der Waals surface area (Å²) in [6.45, 7) is 11.5. The van der Waals surface area contributed by atoms with E-state index in [1.807, 2.05) is 20.8 Å². The second kappa shape index (κ2) is 15.1. The van der Waals surface area contributed by atoms with Crippen LogP contribution in [0.3, 0.4) is 0 Å². The fourth-order valence-electron chi connectivity index (χ4n) is 8.13. The number of hydrogen-bond donors (Lipinski definition) is 2. The number of benzene rings is 1. The number of ether oxygens (including phenoxy) is 1. The van der Waals surface area contributed by atoms with Crippen LogP contribution in [0.5, 0.6) is 11.5 Å². The van der Waals surface area contributed by atoms with Crippen LogP contribution in [0, 0.1) is 23.1 Å². The molecule has 13 nitrogen and oxygen atoms in total. The number of likely N-dealkylation sites (tertiary alicyclic amines) is 1. The molecule has 1 aliphatic carbocycles. The van der Waals surface area contributed by atoms with Crippen LogP contribution in [0.1, 0.15) is 76.1 Å². The van der Waals surface area contributed by atoms with Gasteiger partial charge in [-0.05, 0) is 103 Å². The second-order valence-electron chi connectivity index (χ2n) is 14.9. The molecule has 15 heteroatoms. The van der Waals surface area contributed by atoms with Crippen molar-refractivity contribution < 1.29 is 27.1 Å². The van der Waals surface area contributed by atoms with Crippen LogP contribution in [0.4, 0.5) is 10.2 Å². The van der Waals surface area contributed by atoms with Crippen molar-refractivity contribution in [2.45, 2.75) is 77.8 Å². The molecule has 4 aliphatic rings. The summed E-state index contributed by atoms with van der Waals surface area (Å²) in [5.41, 5.74) is 5.75. The predicted octanol–water partition coefficient (Wildman–Crippen LogP) is 3.38. The third-order valence-electron chi connectivity index (χ3n) is 11.1. The van der Waals surface area contributed by atoms with E-state index in [1.54, 1.807) is 11.1 Å². The van der Waals surface area contributed by atoms with Gasteiger partial charge in [0, 0.05) is 56.8 Å². The van der Waals surface area contributed by atoms with E-state index >= 15 is 0 Å². The van der Waals surface area contributed by atoms with Gasteiger partial charge < -0.3 is 25.2 Å². The van der Waals surface area contributed by atoms with Crippen molar-refractivity contribution in [3.63, 3.8) is 0 Å². The Bertz CT molecular complexity index is 1640. The number of nitrogens with zero attached hydrogens (tertiary/aromatic N) is 6. The lowest BCUT2D eigenvalue weighted by atomic mass is 9.71. The third kappa shape index (κ3) is 8.05. The Morgan fingerprint density at radius 2 is 1.82 bits per heavy atom. The van der Waals surface area contributed by atoms with Crippen LogP contribution >= 0.6 is 0 Å². The molecule has 0 radical (unpaired) electrons. The van der Waals surface area contributed by atoms with E-state index in [0.717, 1.165) is 71.2 Å². The zero-order chi connectivity index (χ0) is 35.6. The fraction of sp³-hybridized carbons (Fsp3) is 0.657. The van der Waals surface area contributed by atoms with Gasteiger partial charge in [-0.3, -0.25) is 9.59 Å². The molecule has 2 amide bonds. The number of piperidine rings is 1. The van der Waals surface area contributed by atoms with Gasteiger partial charge >= 0.3 is 0 Å². The lowest BCUT2D eigenvalue weighted by molar-refractivity contribution is -0.121. The van der Waals surface area contributed by atoms with E-state index in [0.29, 0.717) is 37.0 Å². The molecule has 1 unspecified atom stereocenters. The standard InChI is InChI=1S/C35H51FN8O5S/c1-4-44(24(2)3)34(46)29-17-27(36)7-10-30(29)49-31-18-38-23-39-33(31)42-21-35(22-42)12-15-41(16-13-35)19-25-5-8-28(9-6-25)40-50(47,48)43-14-11-26(20-43)32(37)45/h7,10,17-18,23-26,28,40H,4-6,8-9,11-16,19-22H2,1-3H3,(H2,37,45)/t25-,26?,28-. The highest BCUT2D eigenvalue weighted by atomic mass is 32.2. The normalized spacial score (nSPS) is 24.3. The van der Waals surface area contributed by atoms with Crippen molar-refractivity contribution in [3.05, 3.63) is 42.1 Å². The van der Waals surface area contributed by atoms with Crippen LogP contribution in [-0.2, 0) is 15.0 Å². The molecule has 1 atom stereocenters. The number of rotatable bonds is 12. The maximum absolute atomic E-state index is 14.3. The first kappa shape index (κ1) is 36.4. The first-order valence-corrected chi connectivity index (χ1v) is 19.4. The van der Waals surface area contributed by atoms with Crippen molar-refractivity contribution in [2.75, 3.05) is 57.3 Å². The summed E-state index contributed by atoms with van der Waals surface area (Å²) in [4.78, 5) is 40.0. The van der Waals surface area contributed by atoms with Crippen LogP contribution in [0.25, 0.3) is 0 Å². The van der Waals surface area contributed by atoms with Gasteiger partial charge in [-0.25, -0.2) is 14.4 Å². The second-order valence-corrected chi connectivity index (χ2v) is 16.6. The molecule has 4 fully saturated rings. The Balaban J connectivity index is 0.980. The lowest BCUT2D eigenvalue weighted by Gasteiger charge is -2.54. The first-order valence-electron chi connectivity index (χ1n) is 18.0. The van der Waals surface area contributed by atoms with Crippen LogP contribution < -0.4 is 20.1 Å². The van der Waals surface area contributed by atoms with Crippen molar-refractivity contribution in [1.82, 2.24) is 28.8 Å². The quantitative estimate of drug-likeness (QED) is 0.337. The van der Waals surface area contributed by atoms with Gasteiger partial charge in [-0.2, -0.15) is 17.4 Å². The van der Waals surface area contributed by atoms with Gasteiger partial charge in [0.05, 0.1) is 17.7 Å². The number of hydrogen-bond acceptors (Lipinski definition) is 9. The average molecular weight is 715 g/mol. The Labute approximate surface area is 294 Å². The average Bonchev–Trinajstić information content (AvgIpc) is 3.59. The summed E-state index contributed by atoms with van der Waals surface area (Å²) in [5.74, 6) is 0.266. The molecule has 1 aromatic heterocycles. The highest BCUT2D eigenvalue weighted by Crippen LogP contribution is 2.45. The number of aromatic nitrogens is 2. The molecule has 1 saturated carbocycles. The van der Waals surface area contributed by atoms with E-state index in [1.165, 1.54) is 28.8 Å². The van der Waals surface area contributed by atoms with Gasteiger partial charge in [0.1, 0.15) is 17.9 Å². The topological polar surface area (TPSA) is 154 Å². The number of amides is 2. The Kier molecular flexibility index (Phi) is 11.0. The van der Waals surface area contributed by atoms with Crippen LogP contribution in [0.2, 0.25) is 0 Å². The minimum Gasteiger partial charge on any atom is -0.451 e. The van der Waals surface area contributed by atoms with Gasteiger partial charge in [0.2, 0.25) is 5.91 Å². The highest BCUT2D eigenvalue weighted by Gasteiger charge is 2.46. The predicted molar refractivity (Wildman–Crippen MR) is 187 cm³/mol. The van der Waals surface area contributed by atoms with Crippen LogP contribution in [0.15, 0.2) is 30.7 Å². The van der Waals surface area contributed by atoms with Crippen molar-refractivity contribution in [1.29, 1.82) is 0 Å². The van der Waals surface area contributed by atoms with Crippen molar-refractivity contribution in [3.8, 4) is 11.5 Å². The van der Waals surface area contributed by atoms with E-state index in [9.17, 15) is 22.4 Å². The molecule has 2 aromatic rings. The molecule has 3 N–H and O–H groups in total. The first-order chi connectivity index (χ1) is 23.9. The molecule has 274 valence electrons. The number of anilines is 1. The summed E-state index contributed by atoms with van der Waals surface area (Å²) >= 11 is 0. The minimum absolute atomic E-state index is 0.0488. The van der Waals surface area contributed by atoms with Gasteiger partial charge in [-0.1, -0.05) is 0 Å². The zero-order valence-corrected chi connectivity index (χ0v) is 30.2. The Morgan fingerprint density at radius 1 is 1.10 bits per heavy atom. The molecule has 3 saturated heterocycles. The number of carbonyl (C=O) groups excluding carboxylic acids is 2. The summed E-state index contributed by atoms with van der Waals surface area (Å²) in [5, 5.41) is 0. The molecule has 3 aliphatic heterocycles. The van der Waals surface area contributed by atoms with Gasteiger partial charge in [0.25, 0.3) is 16.1 Å². The Hall–Kier alpha value is -3.40.